The van der Waals surface area contributed by atoms with E-state index in [0.29, 0.717) is 0 Å². The Balaban J connectivity index is 2.65. The summed E-state index contributed by atoms with van der Waals surface area (Å²) in [4.78, 5) is 1.39. The van der Waals surface area contributed by atoms with Crippen LogP contribution < -0.4 is 0 Å². The number of rotatable bonds is 0. The molecule has 0 saturated carbocycles. The lowest BCUT2D eigenvalue weighted by atomic mass is 10.1. The predicted octanol–water partition coefficient (Wildman–Crippen LogP) is 4.01. The Hall–Kier alpha value is -1.28. The van der Waals surface area contributed by atoms with Gasteiger partial charge in [0.15, 0.2) is 0 Å². The summed E-state index contributed by atoms with van der Waals surface area (Å²) in [6.07, 6.45) is 0. The van der Waals surface area contributed by atoms with E-state index in [1.165, 1.54) is 31.6 Å². The second-order valence-corrected chi connectivity index (χ2v) is 5.08. The maximum atomic E-state index is 2.30. The molecule has 0 aliphatic rings. The van der Waals surface area contributed by atoms with Crippen molar-refractivity contribution in [2.45, 2.75) is 13.8 Å². The van der Waals surface area contributed by atoms with Gasteiger partial charge in [-0.05, 0) is 25.5 Å². The summed E-state index contributed by atoms with van der Waals surface area (Å²) in [6, 6.07) is 8.66. The third kappa shape index (κ3) is 1.03. The molecule has 2 heterocycles. The first kappa shape index (κ1) is 8.98. The molecule has 76 valence electrons. The zero-order valence-corrected chi connectivity index (χ0v) is 9.98. The molecule has 0 aliphatic heterocycles. The van der Waals surface area contributed by atoms with Crippen LogP contribution in [0.1, 0.15) is 11.3 Å². The van der Waals surface area contributed by atoms with Crippen molar-refractivity contribution in [1.29, 1.82) is 0 Å². The quantitative estimate of drug-likeness (QED) is 0.534. The van der Waals surface area contributed by atoms with E-state index in [-0.39, 0.29) is 0 Å². The first-order valence-corrected chi connectivity index (χ1v) is 5.95. The Morgan fingerprint density at radius 2 is 1.87 bits per heavy atom. The second-order valence-electron chi connectivity index (χ2n) is 4.05. The number of fused-ring (bicyclic) bond motifs is 3. The molecule has 0 radical (unpaired) electrons. The molecule has 2 heteroatoms. The van der Waals surface area contributed by atoms with Crippen molar-refractivity contribution in [3.63, 3.8) is 0 Å². The lowest BCUT2D eigenvalue weighted by molar-refractivity contribution is 0.917. The van der Waals surface area contributed by atoms with Crippen molar-refractivity contribution in [3.05, 3.63) is 35.5 Å². The van der Waals surface area contributed by atoms with Gasteiger partial charge in [-0.15, -0.1) is 11.3 Å². The number of nitrogens with zero attached hydrogens (tertiary/aromatic N) is 1. The van der Waals surface area contributed by atoms with Gasteiger partial charge in [0.05, 0.1) is 0 Å². The van der Waals surface area contributed by atoms with E-state index in [1.807, 2.05) is 11.3 Å². The molecule has 0 aliphatic carbocycles. The minimum atomic E-state index is 1.38. The van der Waals surface area contributed by atoms with Gasteiger partial charge >= 0.3 is 0 Å². The standard InChI is InChI=1S/C13H13NS/c1-8-9(2)14(3)13-12(8)10-6-4-5-7-11(10)15-13/h4-7H,1-3H3. The molecule has 2 aromatic heterocycles. The molecule has 3 rings (SSSR count). The van der Waals surface area contributed by atoms with Crippen molar-refractivity contribution in [1.82, 2.24) is 4.57 Å². The van der Waals surface area contributed by atoms with Crippen LogP contribution in [-0.2, 0) is 7.05 Å². The highest BCUT2D eigenvalue weighted by molar-refractivity contribution is 7.25. The fraction of sp³-hybridized carbons (Fsp3) is 0.231. The van der Waals surface area contributed by atoms with Crippen LogP contribution in [-0.4, -0.2) is 4.57 Å². The number of aromatic nitrogens is 1. The zero-order valence-electron chi connectivity index (χ0n) is 9.16. The molecule has 0 fully saturated rings. The Bertz CT molecular complexity index is 658. The van der Waals surface area contributed by atoms with Crippen molar-refractivity contribution < 1.29 is 0 Å². The van der Waals surface area contributed by atoms with Gasteiger partial charge in [-0.25, -0.2) is 0 Å². The number of aryl methyl sites for hydroxylation is 2. The molecule has 3 aromatic rings. The first-order chi connectivity index (χ1) is 7.20. The topological polar surface area (TPSA) is 4.93 Å². The molecule has 15 heavy (non-hydrogen) atoms. The van der Waals surface area contributed by atoms with Crippen LogP contribution in [0.25, 0.3) is 20.3 Å². The van der Waals surface area contributed by atoms with E-state index in [0.717, 1.165) is 0 Å². The van der Waals surface area contributed by atoms with Gasteiger partial charge in [-0.2, -0.15) is 0 Å². The average molecular weight is 215 g/mol. The molecule has 0 bridgehead atoms. The lowest BCUT2D eigenvalue weighted by Crippen LogP contribution is -1.88. The molecule has 0 spiro atoms. The van der Waals surface area contributed by atoms with Gasteiger partial charge < -0.3 is 4.57 Å². The van der Waals surface area contributed by atoms with E-state index in [9.17, 15) is 0 Å². The summed E-state index contributed by atoms with van der Waals surface area (Å²) in [5.41, 5.74) is 2.80. The lowest BCUT2D eigenvalue weighted by Gasteiger charge is -1.96. The van der Waals surface area contributed by atoms with Crippen molar-refractivity contribution in [3.8, 4) is 0 Å². The van der Waals surface area contributed by atoms with Gasteiger partial charge in [-0.3, -0.25) is 0 Å². The summed E-state index contributed by atoms with van der Waals surface area (Å²) >= 11 is 1.89. The summed E-state index contributed by atoms with van der Waals surface area (Å²) in [5, 5.41) is 2.84. The number of thiophene rings is 1. The summed E-state index contributed by atoms with van der Waals surface area (Å²) in [7, 11) is 2.15. The largest absolute Gasteiger partial charge is 0.340 e. The third-order valence-electron chi connectivity index (χ3n) is 3.30. The third-order valence-corrected chi connectivity index (χ3v) is 4.55. The van der Waals surface area contributed by atoms with Crippen LogP contribution in [0.4, 0.5) is 0 Å². The van der Waals surface area contributed by atoms with E-state index in [1.54, 1.807) is 0 Å². The average Bonchev–Trinajstić information content (AvgIpc) is 2.72. The Labute approximate surface area is 92.9 Å². The van der Waals surface area contributed by atoms with Gasteiger partial charge in [-0.1, -0.05) is 18.2 Å². The number of hydrogen-bond donors (Lipinski definition) is 0. The molecule has 0 N–H and O–H groups in total. The molecule has 0 saturated heterocycles. The van der Waals surface area contributed by atoms with Crippen molar-refractivity contribution in [2.75, 3.05) is 0 Å². The SMILES string of the molecule is Cc1c(C)n(C)c2sc3ccccc3c12. The maximum Gasteiger partial charge on any atom is 0.104 e. The molecule has 1 aromatic carbocycles. The Morgan fingerprint density at radius 3 is 2.67 bits per heavy atom. The molecule has 0 unspecified atom stereocenters. The van der Waals surface area contributed by atoms with Crippen LogP contribution >= 0.6 is 11.3 Å². The summed E-state index contributed by atoms with van der Waals surface area (Å²) in [6.45, 7) is 4.41. The molecule has 0 atom stereocenters. The van der Waals surface area contributed by atoms with Crippen molar-refractivity contribution in [2.24, 2.45) is 7.05 Å². The minimum absolute atomic E-state index is 1.38. The zero-order chi connectivity index (χ0) is 10.6. The fourth-order valence-electron chi connectivity index (χ4n) is 2.22. The summed E-state index contributed by atoms with van der Waals surface area (Å²) in [5.74, 6) is 0. The molecule has 0 amide bonds. The van der Waals surface area contributed by atoms with Crippen LogP contribution in [0.3, 0.4) is 0 Å². The smallest absolute Gasteiger partial charge is 0.104 e. The van der Waals surface area contributed by atoms with Gasteiger partial charge in [0, 0.05) is 28.2 Å². The van der Waals surface area contributed by atoms with E-state index >= 15 is 0 Å². The van der Waals surface area contributed by atoms with Gasteiger partial charge in [0.1, 0.15) is 4.83 Å². The predicted molar refractivity (Wildman–Crippen MR) is 67.8 cm³/mol. The van der Waals surface area contributed by atoms with E-state index in [4.69, 9.17) is 0 Å². The second kappa shape index (κ2) is 2.86. The highest BCUT2D eigenvalue weighted by Gasteiger charge is 2.13. The molecular weight excluding hydrogens is 202 g/mol. The van der Waals surface area contributed by atoms with Crippen LogP contribution in [0.5, 0.6) is 0 Å². The minimum Gasteiger partial charge on any atom is -0.340 e. The van der Waals surface area contributed by atoms with Crippen molar-refractivity contribution >= 4 is 31.6 Å². The van der Waals surface area contributed by atoms with Gasteiger partial charge in [0.25, 0.3) is 0 Å². The van der Waals surface area contributed by atoms with E-state index < -0.39 is 0 Å². The highest BCUT2D eigenvalue weighted by atomic mass is 32.1. The van der Waals surface area contributed by atoms with Crippen LogP contribution in [0, 0.1) is 13.8 Å². The Kier molecular flexibility index (Phi) is 1.71. The number of hydrogen-bond acceptors (Lipinski definition) is 1. The monoisotopic (exact) mass is 215 g/mol. The fourth-order valence-corrected chi connectivity index (χ4v) is 3.49. The maximum absolute atomic E-state index is 2.30. The van der Waals surface area contributed by atoms with Crippen LogP contribution in [0.15, 0.2) is 24.3 Å². The highest BCUT2D eigenvalue weighted by Crippen LogP contribution is 2.37. The van der Waals surface area contributed by atoms with E-state index in [2.05, 4.69) is 49.7 Å². The van der Waals surface area contributed by atoms with Gasteiger partial charge in [0.2, 0.25) is 0 Å². The molecular formula is C13H13NS. The first-order valence-electron chi connectivity index (χ1n) is 5.13. The van der Waals surface area contributed by atoms with Crippen LogP contribution in [0.2, 0.25) is 0 Å². The Morgan fingerprint density at radius 1 is 1.13 bits per heavy atom. The molecule has 1 nitrogen and oxygen atoms in total. The normalized spacial score (nSPS) is 11.7. The summed E-state index contributed by atoms with van der Waals surface area (Å²) < 4.78 is 3.69. The number of benzene rings is 1.